The smallest absolute Gasteiger partial charge is 0.308 e. The second-order valence-corrected chi connectivity index (χ2v) is 6.06. The second-order valence-electron chi connectivity index (χ2n) is 6.06. The number of aromatic nitrogens is 1. The third kappa shape index (κ3) is 3.30. The van der Waals surface area contributed by atoms with Crippen molar-refractivity contribution in [2.24, 2.45) is 5.92 Å². The maximum atomic E-state index is 12.5. The lowest BCUT2D eigenvalue weighted by atomic mass is 9.93. The molecule has 0 amide bonds. The molecular weight excluding hydrogens is 254 g/mol. The Labute approximate surface area is 119 Å². The molecule has 0 saturated heterocycles. The van der Waals surface area contributed by atoms with Gasteiger partial charge in [0.1, 0.15) is 0 Å². The summed E-state index contributed by atoms with van der Waals surface area (Å²) < 4.78 is 1.84. The van der Waals surface area contributed by atoms with Crippen LogP contribution in [0.15, 0.2) is 10.9 Å². The van der Waals surface area contributed by atoms with Gasteiger partial charge in [0.2, 0.25) is 0 Å². The number of fused-ring (bicyclic) bond motifs is 1. The van der Waals surface area contributed by atoms with Crippen LogP contribution in [0.3, 0.4) is 0 Å². The zero-order valence-electron chi connectivity index (χ0n) is 12.3. The van der Waals surface area contributed by atoms with Crippen molar-refractivity contribution in [1.82, 2.24) is 4.57 Å². The molecule has 1 aliphatic rings. The van der Waals surface area contributed by atoms with Crippen LogP contribution in [-0.2, 0) is 30.6 Å². The number of rotatable bonds is 5. The molecule has 2 rings (SSSR count). The third-order valence-corrected chi connectivity index (χ3v) is 3.95. The predicted molar refractivity (Wildman–Crippen MR) is 78.1 cm³/mol. The van der Waals surface area contributed by atoms with E-state index in [4.69, 9.17) is 5.11 Å². The number of hydrogen-bond donors (Lipinski definition) is 1. The first-order chi connectivity index (χ1) is 9.49. The van der Waals surface area contributed by atoms with Crippen molar-refractivity contribution in [2.45, 2.75) is 58.9 Å². The molecule has 1 heterocycles. The average Bonchev–Trinajstić information content (AvgIpc) is 2.38. The summed E-state index contributed by atoms with van der Waals surface area (Å²) in [5.41, 5.74) is 2.64. The number of nitrogens with zero attached hydrogens (tertiary/aromatic N) is 1. The maximum Gasteiger partial charge on any atom is 0.308 e. The largest absolute Gasteiger partial charge is 0.481 e. The first-order valence-corrected chi connectivity index (χ1v) is 7.45. The fourth-order valence-corrected chi connectivity index (χ4v) is 2.86. The maximum absolute atomic E-state index is 12.5. The third-order valence-electron chi connectivity index (χ3n) is 3.95. The van der Waals surface area contributed by atoms with Crippen LogP contribution in [0.4, 0.5) is 0 Å². The molecule has 0 spiro atoms. The fourth-order valence-electron chi connectivity index (χ4n) is 2.86. The van der Waals surface area contributed by atoms with Crippen molar-refractivity contribution in [2.75, 3.05) is 0 Å². The van der Waals surface area contributed by atoms with Crippen LogP contribution < -0.4 is 5.56 Å². The molecule has 0 saturated carbocycles. The quantitative estimate of drug-likeness (QED) is 0.899. The van der Waals surface area contributed by atoms with Gasteiger partial charge in [0.05, 0.1) is 6.42 Å². The van der Waals surface area contributed by atoms with Gasteiger partial charge in [-0.3, -0.25) is 9.59 Å². The summed E-state index contributed by atoms with van der Waals surface area (Å²) in [5, 5.41) is 8.96. The Balaban J connectivity index is 2.44. The van der Waals surface area contributed by atoms with Crippen molar-refractivity contribution in [3.63, 3.8) is 0 Å². The van der Waals surface area contributed by atoms with E-state index in [0.717, 1.165) is 37.8 Å². The van der Waals surface area contributed by atoms with Gasteiger partial charge in [-0.2, -0.15) is 0 Å². The molecule has 1 N–H and O–H groups in total. The van der Waals surface area contributed by atoms with Gasteiger partial charge in [0.15, 0.2) is 0 Å². The van der Waals surface area contributed by atoms with Gasteiger partial charge in [-0.05, 0) is 49.7 Å². The van der Waals surface area contributed by atoms with Gasteiger partial charge in [-0.1, -0.05) is 13.8 Å². The van der Waals surface area contributed by atoms with Gasteiger partial charge in [0.25, 0.3) is 5.56 Å². The molecule has 1 aliphatic carbocycles. The van der Waals surface area contributed by atoms with Gasteiger partial charge < -0.3 is 9.67 Å². The molecule has 20 heavy (non-hydrogen) atoms. The molecule has 0 aromatic carbocycles. The highest BCUT2D eigenvalue weighted by Crippen LogP contribution is 2.21. The van der Waals surface area contributed by atoms with E-state index in [1.807, 2.05) is 10.6 Å². The summed E-state index contributed by atoms with van der Waals surface area (Å²) in [6.07, 6.45) is 4.92. The summed E-state index contributed by atoms with van der Waals surface area (Å²) >= 11 is 0. The summed E-state index contributed by atoms with van der Waals surface area (Å²) in [7, 11) is 0. The van der Waals surface area contributed by atoms with Crippen LogP contribution >= 0.6 is 0 Å². The van der Waals surface area contributed by atoms with E-state index >= 15 is 0 Å². The molecule has 110 valence electrons. The van der Waals surface area contributed by atoms with Gasteiger partial charge >= 0.3 is 5.97 Å². The van der Waals surface area contributed by atoms with Crippen molar-refractivity contribution in [3.8, 4) is 0 Å². The lowest BCUT2D eigenvalue weighted by Gasteiger charge is -2.22. The van der Waals surface area contributed by atoms with Crippen molar-refractivity contribution in [1.29, 1.82) is 0 Å². The van der Waals surface area contributed by atoms with Crippen molar-refractivity contribution >= 4 is 5.97 Å². The van der Waals surface area contributed by atoms with Crippen molar-refractivity contribution < 1.29 is 9.90 Å². The molecule has 1 aromatic rings. The Kier molecular flexibility index (Phi) is 4.63. The van der Waals surface area contributed by atoms with Crippen LogP contribution in [0.1, 0.15) is 49.9 Å². The monoisotopic (exact) mass is 277 g/mol. The lowest BCUT2D eigenvalue weighted by molar-refractivity contribution is -0.136. The van der Waals surface area contributed by atoms with E-state index in [-0.39, 0.29) is 12.0 Å². The van der Waals surface area contributed by atoms with Gasteiger partial charge in [0, 0.05) is 17.8 Å². The Morgan fingerprint density at radius 1 is 1.35 bits per heavy atom. The van der Waals surface area contributed by atoms with Crippen LogP contribution in [0.5, 0.6) is 0 Å². The van der Waals surface area contributed by atoms with Crippen LogP contribution in [0.2, 0.25) is 0 Å². The molecule has 0 fully saturated rings. The number of aryl methyl sites for hydroxylation is 1. The minimum atomic E-state index is -0.937. The standard InChI is InChI=1S/C16H23NO3/c1-11(2)7-8-17-14-6-4-3-5-12(14)9-13(16(17)20)10-15(18)19/h9,11H,3-8,10H2,1-2H3,(H,18,19). The topological polar surface area (TPSA) is 59.3 Å². The van der Waals surface area contributed by atoms with E-state index in [9.17, 15) is 9.59 Å². The number of carboxylic acids is 1. The summed E-state index contributed by atoms with van der Waals surface area (Å²) in [5.74, 6) is -0.405. The number of aliphatic carboxylic acids is 1. The van der Waals surface area contributed by atoms with Gasteiger partial charge in [-0.25, -0.2) is 0 Å². The van der Waals surface area contributed by atoms with Crippen LogP contribution in [0.25, 0.3) is 0 Å². The van der Waals surface area contributed by atoms with Gasteiger partial charge in [-0.15, -0.1) is 0 Å². The summed E-state index contributed by atoms with van der Waals surface area (Å²) in [6, 6.07) is 1.83. The molecular formula is C16H23NO3. The summed E-state index contributed by atoms with van der Waals surface area (Å²) in [6.45, 7) is 4.98. The second kappa shape index (κ2) is 6.25. The summed E-state index contributed by atoms with van der Waals surface area (Å²) in [4.78, 5) is 23.4. The molecule has 0 aliphatic heterocycles. The van der Waals surface area contributed by atoms with E-state index in [2.05, 4.69) is 13.8 Å². The highest BCUT2D eigenvalue weighted by atomic mass is 16.4. The lowest BCUT2D eigenvalue weighted by Crippen LogP contribution is -2.31. The molecule has 0 unspecified atom stereocenters. The number of carbonyl (C=O) groups is 1. The first kappa shape index (κ1) is 14.8. The Hall–Kier alpha value is -1.58. The molecule has 0 atom stereocenters. The normalized spacial score (nSPS) is 14.3. The van der Waals surface area contributed by atoms with E-state index in [1.165, 1.54) is 5.56 Å². The Morgan fingerprint density at radius 3 is 2.70 bits per heavy atom. The average molecular weight is 277 g/mol. The van der Waals surface area contributed by atoms with E-state index in [0.29, 0.717) is 18.0 Å². The van der Waals surface area contributed by atoms with E-state index < -0.39 is 5.97 Å². The van der Waals surface area contributed by atoms with Crippen LogP contribution in [0, 0.1) is 5.92 Å². The molecule has 0 radical (unpaired) electrons. The molecule has 0 bridgehead atoms. The minimum Gasteiger partial charge on any atom is -0.481 e. The first-order valence-electron chi connectivity index (χ1n) is 7.45. The zero-order valence-corrected chi connectivity index (χ0v) is 12.3. The number of carboxylic acid groups (broad SMARTS) is 1. The van der Waals surface area contributed by atoms with Crippen LogP contribution in [-0.4, -0.2) is 15.6 Å². The highest BCUT2D eigenvalue weighted by Gasteiger charge is 2.18. The van der Waals surface area contributed by atoms with E-state index in [1.54, 1.807) is 0 Å². The molecule has 4 heteroatoms. The Bertz CT molecular complexity index is 558. The van der Waals surface area contributed by atoms with Crippen molar-refractivity contribution in [3.05, 3.63) is 33.2 Å². The number of hydrogen-bond acceptors (Lipinski definition) is 2. The number of pyridine rings is 1. The highest BCUT2D eigenvalue weighted by molar-refractivity contribution is 5.70. The zero-order chi connectivity index (χ0) is 14.7. The molecule has 4 nitrogen and oxygen atoms in total. The Morgan fingerprint density at radius 2 is 2.05 bits per heavy atom. The fraction of sp³-hybridized carbons (Fsp3) is 0.625. The molecule has 1 aromatic heterocycles. The SMILES string of the molecule is CC(C)CCn1c2c(cc(CC(=O)O)c1=O)CCCC2. The minimum absolute atomic E-state index is 0.103. The predicted octanol–water partition coefficient (Wildman–Crippen LogP) is 2.40.